The van der Waals surface area contributed by atoms with Crippen molar-refractivity contribution in [2.24, 2.45) is 0 Å². The number of aryl methyl sites for hydroxylation is 1. The third kappa shape index (κ3) is 2.34. The van der Waals surface area contributed by atoms with Crippen molar-refractivity contribution in [3.8, 4) is 0 Å². The standard InChI is InChI=1S/C12H18N2O5S/c1-7-10(12(15)16)13-8(2)11(7)20(17,18)14(3)9-4-5-19-6-9/h9,13H,4-6H2,1-3H3,(H,15,16). The van der Waals surface area contributed by atoms with Gasteiger partial charge in [0.1, 0.15) is 10.6 Å². The SMILES string of the molecule is Cc1[nH]c(C(=O)O)c(C)c1S(=O)(=O)N(C)C1CCOC1. The van der Waals surface area contributed by atoms with Gasteiger partial charge in [-0.15, -0.1) is 0 Å². The summed E-state index contributed by atoms with van der Waals surface area (Å²) in [4.78, 5) is 13.8. The Kier molecular flexibility index (Phi) is 3.90. The molecule has 0 radical (unpaired) electrons. The third-order valence-corrected chi connectivity index (χ3v) is 5.82. The van der Waals surface area contributed by atoms with E-state index < -0.39 is 16.0 Å². The second-order valence-corrected chi connectivity index (χ2v) is 6.86. The highest BCUT2D eigenvalue weighted by atomic mass is 32.2. The van der Waals surface area contributed by atoms with Gasteiger partial charge in [-0.3, -0.25) is 0 Å². The average Bonchev–Trinajstić information content (AvgIpc) is 2.96. The topological polar surface area (TPSA) is 99.7 Å². The predicted octanol–water partition coefficient (Wildman–Crippen LogP) is 0.739. The van der Waals surface area contributed by atoms with Crippen molar-refractivity contribution < 1.29 is 23.1 Å². The summed E-state index contributed by atoms with van der Waals surface area (Å²) >= 11 is 0. The number of nitrogens with zero attached hydrogens (tertiary/aromatic N) is 1. The molecule has 0 aliphatic carbocycles. The zero-order valence-electron chi connectivity index (χ0n) is 11.6. The molecule has 1 fully saturated rings. The zero-order chi connectivity index (χ0) is 15.1. The molecular formula is C12H18N2O5S. The normalized spacial score (nSPS) is 19.7. The number of H-pyrrole nitrogens is 1. The van der Waals surface area contributed by atoms with Crippen molar-refractivity contribution >= 4 is 16.0 Å². The minimum absolute atomic E-state index is 0.0456. The van der Waals surface area contributed by atoms with Crippen molar-refractivity contribution in [1.82, 2.24) is 9.29 Å². The van der Waals surface area contributed by atoms with Crippen LogP contribution in [0.15, 0.2) is 4.90 Å². The van der Waals surface area contributed by atoms with Crippen LogP contribution < -0.4 is 0 Å². The summed E-state index contributed by atoms with van der Waals surface area (Å²) in [7, 11) is -2.24. The van der Waals surface area contributed by atoms with Gasteiger partial charge in [0.05, 0.1) is 12.6 Å². The van der Waals surface area contributed by atoms with Gasteiger partial charge >= 0.3 is 5.97 Å². The molecule has 0 bridgehead atoms. The van der Waals surface area contributed by atoms with E-state index in [2.05, 4.69) is 4.98 Å². The molecule has 0 amide bonds. The molecule has 112 valence electrons. The summed E-state index contributed by atoms with van der Waals surface area (Å²) in [5, 5.41) is 9.06. The molecule has 7 nitrogen and oxygen atoms in total. The minimum atomic E-state index is -3.74. The molecule has 8 heteroatoms. The van der Waals surface area contributed by atoms with Crippen LogP contribution in [0.1, 0.15) is 28.2 Å². The maximum absolute atomic E-state index is 12.7. The number of carboxylic acid groups (broad SMARTS) is 1. The number of carboxylic acids is 1. The highest BCUT2D eigenvalue weighted by molar-refractivity contribution is 7.89. The zero-order valence-corrected chi connectivity index (χ0v) is 12.5. The molecule has 0 saturated carbocycles. The van der Waals surface area contributed by atoms with Gasteiger partial charge in [-0.1, -0.05) is 0 Å². The highest BCUT2D eigenvalue weighted by Crippen LogP contribution is 2.28. The monoisotopic (exact) mass is 302 g/mol. The van der Waals surface area contributed by atoms with E-state index >= 15 is 0 Å². The molecule has 1 atom stereocenters. The van der Waals surface area contributed by atoms with Crippen molar-refractivity contribution in [2.75, 3.05) is 20.3 Å². The maximum atomic E-state index is 12.7. The Morgan fingerprint density at radius 2 is 2.10 bits per heavy atom. The van der Waals surface area contributed by atoms with Gasteiger partial charge in [-0.05, 0) is 20.3 Å². The molecule has 2 N–H and O–H groups in total. The van der Waals surface area contributed by atoms with Crippen LogP contribution in [0.25, 0.3) is 0 Å². The lowest BCUT2D eigenvalue weighted by molar-refractivity contribution is 0.0690. The number of carbonyl (C=O) groups is 1. The largest absolute Gasteiger partial charge is 0.477 e. The van der Waals surface area contributed by atoms with Crippen LogP contribution in [0, 0.1) is 13.8 Å². The van der Waals surface area contributed by atoms with Crippen LogP contribution in [0.3, 0.4) is 0 Å². The number of hydrogen-bond acceptors (Lipinski definition) is 4. The molecule has 1 saturated heterocycles. The lowest BCUT2D eigenvalue weighted by Crippen LogP contribution is -2.37. The van der Waals surface area contributed by atoms with Crippen LogP contribution in [-0.4, -0.2) is 55.1 Å². The summed E-state index contributed by atoms with van der Waals surface area (Å²) in [5.74, 6) is -1.17. The third-order valence-electron chi connectivity index (χ3n) is 3.64. The van der Waals surface area contributed by atoms with Gasteiger partial charge in [0.2, 0.25) is 10.0 Å². The highest BCUT2D eigenvalue weighted by Gasteiger charge is 2.34. The second-order valence-electron chi connectivity index (χ2n) is 4.92. The van der Waals surface area contributed by atoms with Crippen molar-refractivity contribution in [1.29, 1.82) is 0 Å². The maximum Gasteiger partial charge on any atom is 0.352 e. The summed E-state index contributed by atoms with van der Waals surface area (Å²) in [6, 6.07) is -0.207. The number of aromatic carboxylic acids is 1. The number of nitrogens with one attached hydrogen (secondary N) is 1. The Hall–Kier alpha value is -1.38. The first-order chi connectivity index (χ1) is 9.26. The number of rotatable bonds is 4. The lowest BCUT2D eigenvalue weighted by atomic mass is 10.2. The van der Waals surface area contributed by atoms with Gasteiger partial charge in [0, 0.05) is 24.9 Å². The fourth-order valence-electron chi connectivity index (χ4n) is 2.48. The second kappa shape index (κ2) is 5.19. The van der Waals surface area contributed by atoms with Crippen LogP contribution in [0.2, 0.25) is 0 Å². The van der Waals surface area contributed by atoms with E-state index in [-0.39, 0.29) is 22.2 Å². The molecule has 1 unspecified atom stereocenters. The Bertz CT molecular complexity index is 629. The molecule has 0 aromatic carbocycles. The molecule has 2 heterocycles. The fraction of sp³-hybridized carbons (Fsp3) is 0.583. The molecular weight excluding hydrogens is 284 g/mol. The van der Waals surface area contributed by atoms with E-state index in [1.807, 2.05) is 0 Å². The lowest BCUT2D eigenvalue weighted by Gasteiger charge is -2.23. The molecule has 1 aliphatic rings. The van der Waals surface area contributed by atoms with E-state index in [4.69, 9.17) is 9.84 Å². The molecule has 0 spiro atoms. The van der Waals surface area contributed by atoms with E-state index in [1.165, 1.54) is 18.3 Å². The molecule has 1 aliphatic heterocycles. The van der Waals surface area contributed by atoms with Gasteiger partial charge in [-0.2, -0.15) is 4.31 Å². The van der Waals surface area contributed by atoms with Crippen molar-refractivity contribution in [3.05, 3.63) is 17.0 Å². The van der Waals surface area contributed by atoms with Crippen LogP contribution in [0.5, 0.6) is 0 Å². The number of sulfonamides is 1. The van der Waals surface area contributed by atoms with Gasteiger partial charge in [-0.25, -0.2) is 13.2 Å². The first kappa shape index (κ1) is 15.0. The number of aromatic nitrogens is 1. The van der Waals surface area contributed by atoms with Crippen molar-refractivity contribution in [2.45, 2.75) is 31.2 Å². The first-order valence-corrected chi connectivity index (χ1v) is 7.69. The minimum Gasteiger partial charge on any atom is -0.477 e. The molecule has 1 aromatic heterocycles. The van der Waals surface area contributed by atoms with Crippen LogP contribution in [0.4, 0.5) is 0 Å². The van der Waals surface area contributed by atoms with Gasteiger partial charge in [0.15, 0.2) is 0 Å². The molecule has 20 heavy (non-hydrogen) atoms. The smallest absolute Gasteiger partial charge is 0.352 e. The Labute approximate surface area is 117 Å². The van der Waals surface area contributed by atoms with Crippen molar-refractivity contribution in [3.63, 3.8) is 0 Å². The quantitative estimate of drug-likeness (QED) is 0.854. The molecule has 1 aromatic rings. The summed E-state index contributed by atoms with van der Waals surface area (Å²) < 4.78 is 31.8. The summed E-state index contributed by atoms with van der Waals surface area (Å²) in [6.07, 6.45) is 0.643. The van der Waals surface area contributed by atoms with Crippen LogP contribution in [-0.2, 0) is 14.8 Å². The number of hydrogen-bond donors (Lipinski definition) is 2. The summed E-state index contributed by atoms with van der Waals surface area (Å²) in [5.41, 5.74) is 0.489. The van der Waals surface area contributed by atoms with Gasteiger partial charge in [0.25, 0.3) is 0 Å². The fourth-order valence-corrected chi connectivity index (χ4v) is 4.26. The Morgan fingerprint density at radius 1 is 1.45 bits per heavy atom. The number of aromatic amines is 1. The summed E-state index contributed by atoms with van der Waals surface area (Å²) in [6.45, 7) is 3.96. The van der Waals surface area contributed by atoms with Gasteiger partial charge < -0.3 is 14.8 Å². The van der Waals surface area contributed by atoms with E-state index in [0.717, 1.165) is 0 Å². The van der Waals surface area contributed by atoms with E-state index in [1.54, 1.807) is 6.92 Å². The predicted molar refractivity (Wildman–Crippen MR) is 71.4 cm³/mol. The molecule has 2 rings (SSSR count). The Morgan fingerprint density at radius 3 is 2.55 bits per heavy atom. The first-order valence-electron chi connectivity index (χ1n) is 6.25. The Balaban J connectivity index is 2.46. The van der Waals surface area contributed by atoms with Crippen LogP contribution >= 0.6 is 0 Å². The van der Waals surface area contributed by atoms with E-state index in [0.29, 0.717) is 25.3 Å². The van der Waals surface area contributed by atoms with E-state index in [9.17, 15) is 13.2 Å². The number of ether oxygens (including phenoxy) is 1. The number of likely N-dealkylation sites (N-methyl/N-ethyl adjacent to an activating group) is 1. The average molecular weight is 302 g/mol.